The van der Waals surface area contributed by atoms with E-state index in [0.29, 0.717) is 24.1 Å². The van der Waals surface area contributed by atoms with Crippen molar-refractivity contribution in [2.24, 2.45) is 0 Å². The van der Waals surface area contributed by atoms with Crippen molar-refractivity contribution in [3.63, 3.8) is 0 Å². The molecule has 1 unspecified atom stereocenters. The van der Waals surface area contributed by atoms with E-state index in [-0.39, 0.29) is 94.4 Å². The zero-order valence-corrected chi connectivity index (χ0v) is 24.4. The van der Waals surface area contributed by atoms with Crippen LogP contribution in [0.15, 0.2) is 30.5 Å². The van der Waals surface area contributed by atoms with Crippen LogP contribution in [0.2, 0.25) is 0 Å². The molecule has 0 spiro atoms. The third-order valence-corrected chi connectivity index (χ3v) is 5.19. The molecule has 0 saturated heterocycles. The van der Waals surface area contributed by atoms with E-state index in [4.69, 9.17) is 17.9 Å². The summed E-state index contributed by atoms with van der Waals surface area (Å²) in [5, 5.41) is 24.0. The summed E-state index contributed by atoms with van der Waals surface area (Å²) in [6.07, 6.45) is 7.00. The SMILES string of the molecule is C#CCC(Cc1cnc2nc(N)nc(N)c2n1)c1ccc(C(=O)N[C@@H](CCC(=O)[O-])C(=O)[O-])cc1.[Na+].[Na+]. The van der Waals surface area contributed by atoms with E-state index in [1.54, 1.807) is 18.3 Å². The number of nitrogens with two attached hydrogens (primary N) is 2. The van der Waals surface area contributed by atoms with Gasteiger partial charge in [-0.05, 0) is 37.0 Å². The van der Waals surface area contributed by atoms with Crippen LogP contribution in [-0.2, 0) is 16.0 Å². The number of anilines is 2. The third kappa shape index (κ3) is 8.92. The first kappa shape index (κ1) is 32.2. The number of carbonyl (C=O) groups excluding carboxylic acids is 3. The molecule has 5 N–H and O–H groups in total. The topological polar surface area (TPSA) is 213 Å². The number of carboxylic acid groups (broad SMARTS) is 2. The van der Waals surface area contributed by atoms with Crippen molar-refractivity contribution >= 4 is 40.8 Å². The summed E-state index contributed by atoms with van der Waals surface area (Å²) in [4.78, 5) is 50.8. The first-order valence-corrected chi connectivity index (χ1v) is 10.5. The fourth-order valence-electron chi connectivity index (χ4n) is 3.44. The van der Waals surface area contributed by atoms with E-state index in [0.717, 1.165) is 5.56 Å². The maximum atomic E-state index is 12.4. The molecule has 3 rings (SSSR count). The fourth-order valence-corrected chi connectivity index (χ4v) is 3.44. The van der Waals surface area contributed by atoms with Gasteiger partial charge in [0.25, 0.3) is 5.91 Å². The van der Waals surface area contributed by atoms with Crippen LogP contribution >= 0.6 is 0 Å². The summed E-state index contributed by atoms with van der Waals surface area (Å²) in [6, 6.07) is 4.95. The second kappa shape index (κ2) is 14.8. The molecule has 1 aromatic carbocycles. The monoisotopic (exact) mass is 521 g/mol. The Morgan fingerprint density at radius 3 is 2.32 bits per heavy atom. The third-order valence-electron chi connectivity index (χ3n) is 5.19. The number of nitrogens with one attached hydrogen (secondary N) is 1. The van der Waals surface area contributed by atoms with Gasteiger partial charge < -0.3 is 36.6 Å². The van der Waals surface area contributed by atoms with Crippen LogP contribution in [0.25, 0.3) is 11.2 Å². The van der Waals surface area contributed by atoms with Crippen molar-refractivity contribution in [1.29, 1.82) is 0 Å². The second-order valence-corrected chi connectivity index (χ2v) is 7.69. The normalized spacial score (nSPS) is 11.8. The van der Waals surface area contributed by atoms with Crippen molar-refractivity contribution in [3.8, 4) is 12.3 Å². The zero-order chi connectivity index (χ0) is 25.5. The van der Waals surface area contributed by atoms with Crippen LogP contribution in [0, 0.1) is 12.3 Å². The minimum absolute atomic E-state index is 0. The van der Waals surface area contributed by atoms with E-state index in [9.17, 15) is 24.6 Å². The van der Waals surface area contributed by atoms with Crippen LogP contribution < -0.4 is 86.1 Å². The average Bonchev–Trinajstić information content (AvgIpc) is 2.81. The Morgan fingerprint density at radius 2 is 1.73 bits per heavy atom. The molecule has 0 saturated carbocycles. The van der Waals surface area contributed by atoms with Crippen molar-refractivity contribution in [2.75, 3.05) is 11.5 Å². The van der Waals surface area contributed by atoms with Gasteiger partial charge in [-0.2, -0.15) is 9.97 Å². The number of carboxylic acids is 2. The number of nitrogens with zero attached hydrogens (tertiary/aromatic N) is 4. The maximum Gasteiger partial charge on any atom is 1.00 e. The average molecular weight is 521 g/mol. The molecule has 14 heteroatoms. The number of aliphatic carboxylic acids is 2. The summed E-state index contributed by atoms with van der Waals surface area (Å²) < 4.78 is 0. The molecule has 0 fully saturated rings. The summed E-state index contributed by atoms with van der Waals surface area (Å²) in [5.41, 5.74) is 13.7. The number of amides is 1. The van der Waals surface area contributed by atoms with Gasteiger partial charge in [0.1, 0.15) is 0 Å². The molecule has 1 amide bonds. The first-order chi connectivity index (χ1) is 16.7. The Hall–Kier alpha value is -2.79. The zero-order valence-electron chi connectivity index (χ0n) is 20.4. The largest absolute Gasteiger partial charge is 1.00 e. The fraction of sp³-hybridized carbons (Fsp3) is 0.261. The van der Waals surface area contributed by atoms with Gasteiger partial charge in [-0.25, -0.2) is 9.97 Å². The predicted molar refractivity (Wildman–Crippen MR) is 121 cm³/mol. The quantitative estimate of drug-likeness (QED) is 0.168. The number of hydrogen-bond acceptors (Lipinski definition) is 11. The molecule has 2 aromatic heterocycles. The summed E-state index contributed by atoms with van der Waals surface area (Å²) >= 11 is 0. The minimum Gasteiger partial charge on any atom is -0.550 e. The minimum atomic E-state index is -1.59. The maximum absolute atomic E-state index is 12.4. The van der Waals surface area contributed by atoms with Crippen molar-refractivity contribution in [1.82, 2.24) is 25.3 Å². The molecule has 0 bridgehead atoms. The summed E-state index contributed by atoms with van der Waals surface area (Å²) in [6.45, 7) is 0. The molecule has 0 aliphatic carbocycles. The Balaban J connectivity index is 0.00000342. The molecule has 0 radical (unpaired) electrons. The number of hydrogen-bond donors (Lipinski definition) is 3. The molecular weight excluding hydrogens is 500 g/mol. The Kier molecular flexibility index (Phi) is 12.9. The molecule has 0 aliphatic heterocycles. The van der Waals surface area contributed by atoms with E-state index in [1.807, 2.05) is 0 Å². The Morgan fingerprint density at radius 1 is 1.05 bits per heavy atom. The molecule has 2 heterocycles. The van der Waals surface area contributed by atoms with Gasteiger partial charge in [0.2, 0.25) is 5.95 Å². The van der Waals surface area contributed by atoms with Gasteiger partial charge >= 0.3 is 59.1 Å². The van der Waals surface area contributed by atoms with Crippen molar-refractivity contribution in [3.05, 3.63) is 47.3 Å². The van der Waals surface area contributed by atoms with E-state index < -0.39 is 30.3 Å². The smallest absolute Gasteiger partial charge is 0.550 e. The number of nitrogen functional groups attached to an aromatic ring is 2. The number of rotatable bonds is 10. The summed E-state index contributed by atoms with van der Waals surface area (Å²) in [7, 11) is 0. The molecule has 2 atom stereocenters. The van der Waals surface area contributed by atoms with Gasteiger partial charge in [0, 0.05) is 23.9 Å². The van der Waals surface area contributed by atoms with Gasteiger partial charge in [0.05, 0.1) is 23.9 Å². The van der Waals surface area contributed by atoms with Crippen LogP contribution in [-0.4, -0.2) is 43.8 Å². The molecule has 3 aromatic rings. The van der Waals surface area contributed by atoms with Crippen molar-refractivity contribution < 1.29 is 83.7 Å². The van der Waals surface area contributed by atoms with Gasteiger partial charge in [-0.15, -0.1) is 12.3 Å². The predicted octanol–water partition coefficient (Wildman–Crippen LogP) is -7.68. The van der Waals surface area contributed by atoms with Crippen LogP contribution in [0.5, 0.6) is 0 Å². The number of carbonyl (C=O) groups is 3. The number of benzene rings is 1. The van der Waals surface area contributed by atoms with Crippen LogP contribution in [0.1, 0.15) is 46.8 Å². The van der Waals surface area contributed by atoms with Gasteiger partial charge in [0.15, 0.2) is 17.0 Å². The van der Waals surface area contributed by atoms with Gasteiger partial charge in [-0.3, -0.25) is 4.79 Å². The van der Waals surface area contributed by atoms with E-state index in [1.165, 1.54) is 12.1 Å². The Labute approximate surface area is 256 Å². The number of aromatic nitrogens is 4. The number of terminal acetylenes is 1. The second-order valence-electron chi connectivity index (χ2n) is 7.69. The first-order valence-electron chi connectivity index (χ1n) is 10.5. The molecular formula is C23H21N7Na2O5. The van der Waals surface area contributed by atoms with E-state index >= 15 is 0 Å². The van der Waals surface area contributed by atoms with Gasteiger partial charge in [-0.1, -0.05) is 12.1 Å². The van der Waals surface area contributed by atoms with Crippen molar-refractivity contribution in [2.45, 2.75) is 37.6 Å². The van der Waals surface area contributed by atoms with Crippen LogP contribution in [0.4, 0.5) is 11.8 Å². The molecule has 0 aliphatic rings. The van der Waals surface area contributed by atoms with E-state index in [2.05, 4.69) is 31.2 Å². The van der Waals surface area contributed by atoms with Crippen LogP contribution in [0.3, 0.4) is 0 Å². The summed E-state index contributed by atoms with van der Waals surface area (Å²) in [5.74, 6) is -1.14. The standard InChI is InChI=1S/C23H23N7O5.2Na/c1-2-3-14(10-15-11-26-20-18(27-15)19(24)29-23(25)30-20)12-4-6-13(7-5-12)21(33)28-16(22(34)35)8-9-17(31)32;;/h1,4-7,11,14,16H,3,8-10H2,(H,28,33)(H,31,32)(H,34,35)(H4,24,25,26,29,30);;/q;2*+1/p-2/t14?,16-;;/m0../s1. The molecule has 180 valence electrons. The molecule has 12 nitrogen and oxygen atoms in total. The number of fused-ring (bicyclic) bond motifs is 1. The molecule has 37 heavy (non-hydrogen) atoms. The Bertz CT molecular complexity index is 1320.